The molecule has 3 aliphatic rings. The Morgan fingerprint density at radius 2 is 1.89 bits per heavy atom. The third-order valence-corrected chi connectivity index (χ3v) is 8.54. The highest BCUT2D eigenvalue weighted by atomic mass is 32.2. The van der Waals surface area contributed by atoms with Crippen LogP contribution in [-0.2, 0) is 27.9 Å². The number of rotatable bonds is 7. The summed E-state index contributed by atoms with van der Waals surface area (Å²) in [4.78, 5) is 39.9. The Morgan fingerprint density at radius 1 is 1.14 bits per heavy atom. The topological polar surface area (TPSA) is 134 Å². The van der Waals surface area contributed by atoms with Gasteiger partial charge in [0.05, 0.1) is 23.6 Å². The molecule has 11 nitrogen and oxygen atoms in total. The molecule has 3 aliphatic heterocycles. The molecule has 5 rings (SSSR count). The van der Waals surface area contributed by atoms with Gasteiger partial charge in [0.2, 0.25) is 15.9 Å². The second-order valence-corrected chi connectivity index (χ2v) is 11.9. The van der Waals surface area contributed by atoms with E-state index >= 15 is 0 Å². The zero-order valence-corrected chi connectivity index (χ0v) is 21.5. The van der Waals surface area contributed by atoms with E-state index in [2.05, 4.69) is 22.3 Å². The van der Waals surface area contributed by atoms with E-state index in [9.17, 15) is 22.8 Å². The highest BCUT2D eigenvalue weighted by Gasteiger charge is 2.45. The first kappa shape index (κ1) is 25.2. The van der Waals surface area contributed by atoms with Gasteiger partial charge in [-0.3, -0.25) is 24.0 Å². The van der Waals surface area contributed by atoms with Crippen molar-refractivity contribution >= 4 is 33.4 Å². The van der Waals surface area contributed by atoms with Crippen LogP contribution >= 0.6 is 0 Å². The van der Waals surface area contributed by atoms with Gasteiger partial charge in [0.15, 0.2) is 0 Å². The van der Waals surface area contributed by atoms with Crippen LogP contribution in [-0.4, -0.2) is 70.5 Å². The molecule has 1 atom stereocenters. The largest absolute Gasteiger partial charge is 0.380 e. The fourth-order valence-electron chi connectivity index (χ4n) is 5.23. The van der Waals surface area contributed by atoms with Crippen molar-refractivity contribution in [3.63, 3.8) is 0 Å². The second kappa shape index (κ2) is 9.75. The van der Waals surface area contributed by atoms with E-state index in [-0.39, 0.29) is 11.1 Å². The quantitative estimate of drug-likeness (QED) is 0.523. The second-order valence-electron chi connectivity index (χ2n) is 9.89. The lowest BCUT2D eigenvalue weighted by molar-refractivity contribution is -0.125. The number of hydrogen-bond acceptors (Lipinski definition) is 7. The van der Waals surface area contributed by atoms with Gasteiger partial charge in [-0.05, 0) is 43.7 Å². The van der Waals surface area contributed by atoms with E-state index in [0.717, 1.165) is 23.3 Å². The summed E-state index contributed by atoms with van der Waals surface area (Å²) in [7, 11) is -3.15. The van der Waals surface area contributed by atoms with Gasteiger partial charge in [-0.15, -0.1) is 0 Å². The number of amides is 3. The molecule has 2 aromatic rings. The van der Waals surface area contributed by atoms with Gasteiger partial charge in [-0.25, -0.2) is 12.7 Å². The van der Waals surface area contributed by atoms with Crippen LogP contribution in [0.15, 0.2) is 42.9 Å². The number of carbonyl (C=O) groups excluding carboxylic acids is 3. The molecule has 3 amide bonds. The zero-order chi connectivity index (χ0) is 26.3. The van der Waals surface area contributed by atoms with E-state index in [0.29, 0.717) is 56.3 Å². The molecule has 1 aromatic carbocycles. The van der Waals surface area contributed by atoms with Gasteiger partial charge in [-0.1, -0.05) is 12.6 Å². The van der Waals surface area contributed by atoms with Crippen LogP contribution in [0.3, 0.4) is 0 Å². The molecule has 1 unspecified atom stereocenters. The number of allylic oxidation sites excluding steroid dienone is 1. The van der Waals surface area contributed by atoms with Crippen molar-refractivity contribution in [2.24, 2.45) is 5.92 Å². The number of imide groups is 1. The minimum absolute atomic E-state index is 0.273. The van der Waals surface area contributed by atoms with E-state index in [1.165, 1.54) is 10.6 Å². The Morgan fingerprint density at radius 3 is 2.59 bits per heavy atom. The van der Waals surface area contributed by atoms with E-state index < -0.39 is 33.8 Å². The molecule has 196 valence electrons. The first-order valence-electron chi connectivity index (χ1n) is 12.3. The van der Waals surface area contributed by atoms with Crippen molar-refractivity contribution in [3.8, 4) is 0 Å². The van der Waals surface area contributed by atoms with Crippen LogP contribution in [0, 0.1) is 5.92 Å². The maximum Gasteiger partial charge on any atom is 0.264 e. The number of hydrogen-bond donors (Lipinski definition) is 2. The SMILES string of the molecule is C=C1CCC(N2C(=O)c3cccc(NCc4cnn(CC5CCN(S(C)(=O)=O)CC5)c4)c3C2=O)C(=O)N1. The zero-order valence-electron chi connectivity index (χ0n) is 20.6. The number of fused-ring (bicyclic) bond motifs is 1. The molecular formula is C25H30N6O5S. The number of nitrogens with one attached hydrogen (secondary N) is 2. The molecule has 1 aromatic heterocycles. The predicted molar refractivity (Wildman–Crippen MR) is 136 cm³/mol. The number of anilines is 1. The van der Waals surface area contributed by atoms with Crippen molar-refractivity contribution in [1.82, 2.24) is 24.3 Å². The molecule has 0 spiro atoms. The molecule has 2 fully saturated rings. The number of piperidine rings is 2. The Hall–Kier alpha value is -3.51. The van der Waals surface area contributed by atoms with Crippen molar-refractivity contribution in [2.45, 2.75) is 44.8 Å². The molecule has 0 radical (unpaired) electrons. The van der Waals surface area contributed by atoms with E-state index in [1.54, 1.807) is 24.4 Å². The highest BCUT2D eigenvalue weighted by Crippen LogP contribution is 2.33. The number of carbonyl (C=O) groups is 3. The minimum atomic E-state index is -3.15. The van der Waals surface area contributed by atoms with Crippen molar-refractivity contribution < 1.29 is 22.8 Å². The van der Waals surface area contributed by atoms with Crippen molar-refractivity contribution in [3.05, 3.63) is 59.6 Å². The molecule has 2 saturated heterocycles. The summed E-state index contributed by atoms with van der Waals surface area (Å²) < 4.78 is 26.8. The Kier molecular flexibility index (Phi) is 6.63. The summed E-state index contributed by atoms with van der Waals surface area (Å²) in [5.41, 5.74) is 2.57. The van der Waals surface area contributed by atoms with Crippen LogP contribution in [0.2, 0.25) is 0 Å². The number of benzene rings is 1. The molecule has 0 saturated carbocycles. The lowest BCUT2D eigenvalue weighted by Gasteiger charge is -2.30. The van der Waals surface area contributed by atoms with Gasteiger partial charge >= 0.3 is 0 Å². The van der Waals surface area contributed by atoms with Gasteiger partial charge in [0, 0.05) is 49.3 Å². The summed E-state index contributed by atoms with van der Waals surface area (Å²) in [5.74, 6) is -0.993. The standard InChI is InChI=1S/C25H30N6O5S/c1-16-6-7-21(23(32)28-16)31-24(33)19-4-3-5-20(22(19)25(31)34)26-12-18-13-27-29(15-18)14-17-8-10-30(11-9-17)37(2,35)36/h3-5,13,15,17,21,26H,1,6-12,14H2,2H3,(H,28,32). The summed E-state index contributed by atoms with van der Waals surface area (Å²) in [6, 6.07) is 4.21. The average molecular weight is 527 g/mol. The van der Waals surface area contributed by atoms with Gasteiger partial charge in [0.25, 0.3) is 11.8 Å². The van der Waals surface area contributed by atoms with Crippen LogP contribution in [0.1, 0.15) is 52.0 Å². The van der Waals surface area contributed by atoms with Crippen LogP contribution in [0.5, 0.6) is 0 Å². The Balaban J connectivity index is 1.23. The van der Waals surface area contributed by atoms with Gasteiger partial charge in [0.1, 0.15) is 6.04 Å². The average Bonchev–Trinajstić information content (AvgIpc) is 3.40. The van der Waals surface area contributed by atoms with Crippen LogP contribution < -0.4 is 10.6 Å². The predicted octanol–water partition coefficient (Wildman–Crippen LogP) is 1.56. The van der Waals surface area contributed by atoms with Crippen LogP contribution in [0.25, 0.3) is 0 Å². The highest BCUT2D eigenvalue weighted by molar-refractivity contribution is 7.88. The fraction of sp³-hybridized carbons (Fsp3) is 0.440. The summed E-state index contributed by atoms with van der Waals surface area (Å²) in [6.45, 7) is 5.91. The maximum absolute atomic E-state index is 13.3. The summed E-state index contributed by atoms with van der Waals surface area (Å²) in [6.07, 6.45) is 7.36. The van der Waals surface area contributed by atoms with Gasteiger partial charge in [-0.2, -0.15) is 5.10 Å². The number of aromatic nitrogens is 2. The minimum Gasteiger partial charge on any atom is -0.380 e. The van der Waals surface area contributed by atoms with Crippen molar-refractivity contribution in [1.29, 1.82) is 0 Å². The van der Waals surface area contributed by atoms with E-state index in [1.807, 2.05) is 10.9 Å². The van der Waals surface area contributed by atoms with Crippen molar-refractivity contribution in [2.75, 3.05) is 24.7 Å². The number of sulfonamides is 1. The summed E-state index contributed by atoms with van der Waals surface area (Å²) >= 11 is 0. The normalized spacial score (nSPS) is 21.3. The summed E-state index contributed by atoms with van der Waals surface area (Å²) in [5, 5.41) is 10.3. The van der Waals surface area contributed by atoms with E-state index in [4.69, 9.17) is 0 Å². The molecule has 37 heavy (non-hydrogen) atoms. The third-order valence-electron chi connectivity index (χ3n) is 7.24. The fourth-order valence-corrected chi connectivity index (χ4v) is 6.10. The molecule has 2 N–H and O–H groups in total. The monoisotopic (exact) mass is 526 g/mol. The molecule has 0 bridgehead atoms. The Bertz CT molecular complexity index is 1380. The first-order chi connectivity index (χ1) is 17.6. The maximum atomic E-state index is 13.3. The van der Waals surface area contributed by atoms with Crippen LogP contribution in [0.4, 0.5) is 5.69 Å². The smallest absolute Gasteiger partial charge is 0.264 e. The third kappa shape index (κ3) is 5.03. The molecule has 0 aliphatic carbocycles. The molecular weight excluding hydrogens is 496 g/mol. The lowest BCUT2D eigenvalue weighted by Crippen LogP contribution is -2.51. The molecule has 4 heterocycles. The van der Waals surface area contributed by atoms with Gasteiger partial charge < -0.3 is 10.6 Å². The first-order valence-corrected chi connectivity index (χ1v) is 14.2. The lowest BCUT2D eigenvalue weighted by atomic mass is 9.98. The molecule has 12 heteroatoms. The Labute approximate surface area is 215 Å². The number of nitrogens with zero attached hydrogens (tertiary/aromatic N) is 4.